The molecule has 0 spiro atoms. The first-order valence-corrected chi connectivity index (χ1v) is 7.40. The van der Waals surface area contributed by atoms with E-state index >= 15 is 0 Å². The predicted octanol–water partition coefficient (Wildman–Crippen LogP) is 3.54. The fraction of sp³-hybridized carbons (Fsp3) is 0.385. The Bertz CT molecular complexity index is 476. The Morgan fingerprint density at radius 1 is 1.56 bits per heavy atom. The zero-order valence-electron chi connectivity index (χ0n) is 10.5. The van der Waals surface area contributed by atoms with Crippen LogP contribution in [0.3, 0.4) is 0 Å². The molecule has 2 N–H and O–H groups in total. The molecule has 18 heavy (non-hydrogen) atoms. The number of aryl methyl sites for hydroxylation is 1. The maximum atomic E-state index is 5.92. The van der Waals surface area contributed by atoms with Gasteiger partial charge in [-0.25, -0.2) is 0 Å². The van der Waals surface area contributed by atoms with E-state index in [-0.39, 0.29) is 6.04 Å². The topological polar surface area (TPSA) is 42.4 Å². The van der Waals surface area contributed by atoms with E-state index in [1.807, 2.05) is 6.07 Å². The third kappa shape index (κ3) is 3.03. The maximum absolute atomic E-state index is 5.92. The molecular formula is C13H17BrN2OS. The summed E-state index contributed by atoms with van der Waals surface area (Å²) < 4.78 is 6.26. The van der Waals surface area contributed by atoms with Gasteiger partial charge in [0.1, 0.15) is 0 Å². The van der Waals surface area contributed by atoms with Crippen LogP contribution in [-0.4, -0.2) is 18.5 Å². The van der Waals surface area contributed by atoms with E-state index in [0.717, 1.165) is 11.0 Å². The van der Waals surface area contributed by atoms with Crippen molar-refractivity contribution >= 4 is 27.3 Å². The summed E-state index contributed by atoms with van der Waals surface area (Å²) in [4.78, 5) is 4.84. The number of furan rings is 1. The SMILES string of the molecule is Cc1sc(C(CN)N(C)Cc2ccoc2)cc1Br. The standard InChI is InChI=1S/C13H17BrN2OS/c1-9-11(14)5-13(18-9)12(6-15)16(2)7-10-3-4-17-8-10/h3-5,8,12H,6-7,15H2,1-2H3. The van der Waals surface area contributed by atoms with Crippen LogP contribution in [0.5, 0.6) is 0 Å². The molecule has 0 fully saturated rings. The predicted molar refractivity (Wildman–Crippen MR) is 78.7 cm³/mol. The van der Waals surface area contributed by atoms with Crippen molar-refractivity contribution < 1.29 is 4.42 Å². The second-order valence-electron chi connectivity index (χ2n) is 4.35. The second-order valence-corrected chi connectivity index (χ2v) is 6.49. The van der Waals surface area contributed by atoms with E-state index in [1.54, 1.807) is 23.9 Å². The first kappa shape index (κ1) is 13.8. The van der Waals surface area contributed by atoms with Crippen LogP contribution in [0.2, 0.25) is 0 Å². The molecule has 2 aromatic rings. The summed E-state index contributed by atoms with van der Waals surface area (Å²) in [6, 6.07) is 4.40. The van der Waals surface area contributed by atoms with Gasteiger partial charge in [-0.3, -0.25) is 4.90 Å². The van der Waals surface area contributed by atoms with Crippen molar-refractivity contribution in [3.8, 4) is 0 Å². The summed E-state index contributed by atoms with van der Waals surface area (Å²) >= 11 is 5.36. The Hall–Kier alpha value is -0.620. The van der Waals surface area contributed by atoms with Gasteiger partial charge in [-0.15, -0.1) is 11.3 Å². The van der Waals surface area contributed by atoms with Crippen LogP contribution in [0, 0.1) is 6.92 Å². The van der Waals surface area contributed by atoms with E-state index in [9.17, 15) is 0 Å². The fourth-order valence-corrected chi connectivity index (χ4v) is 3.68. The fourth-order valence-electron chi connectivity index (χ4n) is 1.94. The van der Waals surface area contributed by atoms with E-state index in [4.69, 9.17) is 10.2 Å². The molecular weight excluding hydrogens is 312 g/mol. The number of halogens is 1. The number of hydrogen-bond acceptors (Lipinski definition) is 4. The minimum absolute atomic E-state index is 0.245. The van der Waals surface area contributed by atoms with Gasteiger partial charge < -0.3 is 10.2 Å². The van der Waals surface area contributed by atoms with Crippen molar-refractivity contribution in [3.05, 3.63) is 44.4 Å². The lowest BCUT2D eigenvalue weighted by Gasteiger charge is -2.25. The summed E-state index contributed by atoms with van der Waals surface area (Å²) in [7, 11) is 2.09. The van der Waals surface area contributed by atoms with E-state index in [0.29, 0.717) is 6.54 Å². The number of hydrogen-bond donors (Lipinski definition) is 1. The van der Waals surface area contributed by atoms with Crippen LogP contribution in [0.25, 0.3) is 0 Å². The first-order valence-electron chi connectivity index (χ1n) is 5.79. The van der Waals surface area contributed by atoms with Gasteiger partial charge in [-0.2, -0.15) is 0 Å². The van der Waals surface area contributed by atoms with Crippen LogP contribution < -0.4 is 5.73 Å². The molecule has 0 saturated carbocycles. The molecule has 0 amide bonds. The normalized spacial score (nSPS) is 13.2. The highest BCUT2D eigenvalue weighted by molar-refractivity contribution is 9.10. The number of thiophene rings is 1. The Balaban J connectivity index is 2.12. The molecule has 1 atom stereocenters. The van der Waals surface area contributed by atoms with Gasteiger partial charge in [0.05, 0.1) is 18.6 Å². The Morgan fingerprint density at radius 3 is 2.83 bits per heavy atom. The Kier molecular flexibility index (Phi) is 4.61. The maximum Gasteiger partial charge on any atom is 0.0947 e. The lowest BCUT2D eigenvalue weighted by atomic mass is 10.2. The van der Waals surface area contributed by atoms with E-state index in [2.05, 4.69) is 40.9 Å². The molecule has 2 heterocycles. The Labute approximate surface area is 120 Å². The minimum atomic E-state index is 0.245. The van der Waals surface area contributed by atoms with Crippen molar-refractivity contribution in [2.45, 2.75) is 19.5 Å². The summed E-state index contributed by atoms with van der Waals surface area (Å²) in [6.45, 7) is 3.57. The first-order chi connectivity index (χ1) is 8.61. The van der Waals surface area contributed by atoms with Gasteiger partial charge in [0.2, 0.25) is 0 Å². The second kappa shape index (κ2) is 6.02. The summed E-state index contributed by atoms with van der Waals surface area (Å²) in [5.41, 5.74) is 7.09. The van der Waals surface area contributed by atoms with Gasteiger partial charge >= 0.3 is 0 Å². The smallest absolute Gasteiger partial charge is 0.0947 e. The molecule has 0 aliphatic heterocycles. The van der Waals surface area contributed by atoms with Crippen molar-refractivity contribution in [2.75, 3.05) is 13.6 Å². The number of rotatable bonds is 5. The van der Waals surface area contributed by atoms with Crippen LogP contribution >= 0.6 is 27.3 Å². The average Bonchev–Trinajstić information content (AvgIpc) is 2.92. The van der Waals surface area contributed by atoms with E-state index in [1.165, 1.54) is 15.3 Å². The number of nitrogens with zero attached hydrogens (tertiary/aromatic N) is 1. The average molecular weight is 329 g/mol. The van der Waals surface area contributed by atoms with Crippen LogP contribution in [-0.2, 0) is 6.54 Å². The zero-order valence-corrected chi connectivity index (χ0v) is 12.9. The lowest BCUT2D eigenvalue weighted by molar-refractivity contribution is 0.244. The lowest BCUT2D eigenvalue weighted by Crippen LogP contribution is -2.29. The molecule has 1 unspecified atom stereocenters. The van der Waals surface area contributed by atoms with Gasteiger partial charge in [-0.05, 0) is 42.0 Å². The molecule has 0 aliphatic rings. The molecule has 0 bridgehead atoms. The molecule has 2 aromatic heterocycles. The van der Waals surface area contributed by atoms with Crippen LogP contribution in [0.1, 0.15) is 21.4 Å². The molecule has 2 rings (SSSR count). The highest BCUT2D eigenvalue weighted by atomic mass is 79.9. The highest BCUT2D eigenvalue weighted by Gasteiger charge is 2.19. The van der Waals surface area contributed by atoms with Gasteiger partial charge in [0, 0.05) is 32.9 Å². The van der Waals surface area contributed by atoms with E-state index < -0.39 is 0 Å². The molecule has 0 aromatic carbocycles. The van der Waals surface area contributed by atoms with Gasteiger partial charge in [-0.1, -0.05) is 0 Å². The summed E-state index contributed by atoms with van der Waals surface area (Å²) in [5, 5.41) is 0. The molecule has 0 aliphatic carbocycles. The molecule has 0 radical (unpaired) electrons. The molecule has 0 saturated heterocycles. The van der Waals surface area contributed by atoms with Crippen molar-refractivity contribution in [1.29, 1.82) is 0 Å². The zero-order chi connectivity index (χ0) is 13.1. The molecule has 3 nitrogen and oxygen atoms in total. The third-order valence-corrected chi connectivity index (χ3v) is 5.21. The summed E-state index contributed by atoms with van der Waals surface area (Å²) in [5.74, 6) is 0. The van der Waals surface area contributed by atoms with Crippen LogP contribution in [0.4, 0.5) is 0 Å². The van der Waals surface area contributed by atoms with Gasteiger partial charge in [0.15, 0.2) is 0 Å². The molecule has 98 valence electrons. The van der Waals surface area contributed by atoms with Crippen molar-refractivity contribution in [2.24, 2.45) is 5.73 Å². The molecule has 5 heteroatoms. The van der Waals surface area contributed by atoms with Gasteiger partial charge in [0.25, 0.3) is 0 Å². The van der Waals surface area contributed by atoms with Crippen molar-refractivity contribution in [1.82, 2.24) is 4.90 Å². The number of likely N-dealkylation sites (N-methyl/N-ethyl adjacent to an activating group) is 1. The van der Waals surface area contributed by atoms with Crippen LogP contribution in [0.15, 0.2) is 33.5 Å². The number of nitrogens with two attached hydrogens (primary N) is 1. The largest absolute Gasteiger partial charge is 0.472 e. The third-order valence-electron chi connectivity index (χ3n) is 2.97. The quantitative estimate of drug-likeness (QED) is 0.912. The highest BCUT2D eigenvalue weighted by Crippen LogP contribution is 2.33. The minimum Gasteiger partial charge on any atom is -0.472 e. The van der Waals surface area contributed by atoms with Crippen molar-refractivity contribution in [3.63, 3.8) is 0 Å². The summed E-state index contributed by atoms with van der Waals surface area (Å²) in [6.07, 6.45) is 3.48. The monoisotopic (exact) mass is 328 g/mol. The Morgan fingerprint density at radius 2 is 2.33 bits per heavy atom.